The third-order valence-corrected chi connectivity index (χ3v) is 3.12. The second-order valence-corrected chi connectivity index (χ2v) is 4.78. The normalized spacial score (nSPS) is 10.5. The topological polar surface area (TPSA) is 38.9 Å². The monoisotopic (exact) mass is 403 g/mol. The van der Waals surface area contributed by atoms with Gasteiger partial charge in [0.05, 0.1) is 17.3 Å². The molecule has 0 radical (unpaired) electrons. The van der Waals surface area contributed by atoms with Gasteiger partial charge >= 0.3 is 0 Å². The summed E-state index contributed by atoms with van der Waals surface area (Å²) in [7, 11) is 1.98. The first-order valence-electron chi connectivity index (χ1n) is 6.37. The molecule has 2 heterocycles. The minimum atomic E-state index is 0. The van der Waals surface area contributed by atoms with Gasteiger partial charge in [0.1, 0.15) is 13.7 Å². The molecule has 2 aromatic rings. The van der Waals surface area contributed by atoms with Crippen LogP contribution in [-0.2, 0) is 7.05 Å². The number of aromatic nitrogens is 3. The van der Waals surface area contributed by atoms with E-state index >= 15 is 0 Å². The summed E-state index contributed by atoms with van der Waals surface area (Å²) in [6.45, 7) is 2.69. The van der Waals surface area contributed by atoms with Crippen LogP contribution in [-0.4, -0.2) is 15.4 Å². The standard InChI is InChI=1S/C14H18N3OS.HI/c1-3-4-5-6-10-18-14-13(15-19-16-14)12-8-7-9-17(2)11-12;/h5-9,11H,3-4,10H2,1-2H3;1H/q+1;/p-1/b6-5+;. The molecule has 0 aliphatic rings. The number of ether oxygens (including phenoxy) is 1. The molecule has 2 aromatic heterocycles. The summed E-state index contributed by atoms with van der Waals surface area (Å²) < 4.78 is 16.2. The molecule has 0 aliphatic heterocycles. The van der Waals surface area contributed by atoms with E-state index in [-0.39, 0.29) is 24.0 Å². The molecular formula is C14H18IN3OS. The van der Waals surface area contributed by atoms with Crippen molar-refractivity contribution < 1.29 is 33.3 Å². The van der Waals surface area contributed by atoms with Crippen LogP contribution in [0.25, 0.3) is 11.3 Å². The van der Waals surface area contributed by atoms with Gasteiger partial charge in [-0.15, -0.1) is 4.37 Å². The molecular weight excluding hydrogens is 385 g/mol. The van der Waals surface area contributed by atoms with Crippen molar-refractivity contribution in [2.75, 3.05) is 6.61 Å². The lowest BCUT2D eigenvalue weighted by Crippen LogP contribution is -3.00. The molecule has 0 unspecified atom stereocenters. The number of halogens is 1. The average Bonchev–Trinajstić information content (AvgIpc) is 2.87. The van der Waals surface area contributed by atoms with Crippen LogP contribution in [0.5, 0.6) is 5.88 Å². The second-order valence-electron chi connectivity index (χ2n) is 4.25. The van der Waals surface area contributed by atoms with E-state index < -0.39 is 0 Å². The largest absolute Gasteiger partial charge is 1.00 e. The molecule has 0 spiro atoms. The Balaban J connectivity index is 0.00000200. The molecule has 0 saturated heterocycles. The van der Waals surface area contributed by atoms with Gasteiger partial charge in [0, 0.05) is 6.07 Å². The van der Waals surface area contributed by atoms with Gasteiger partial charge in [0.2, 0.25) is 0 Å². The van der Waals surface area contributed by atoms with Crippen LogP contribution in [0.4, 0.5) is 0 Å². The summed E-state index contributed by atoms with van der Waals surface area (Å²) in [5, 5.41) is 0. The molecule has 0 fully saturated rings. The predicted octanol–water partition coefficient (Wildman–Crippen LogP) is -0.231. The number of hydrogen-bond donors (Lipinski definition) is 0. The molecule has 108 valence electrons. The zero-order valence-corrected chi connectivity index (χ0v) is 14.6. The van der Waals surface area contributed by atoms with E-state index in [0.717, 1.165) is 24.1 Å². The van der Waals surface area contributed by atoms with Crippen molar-refractivity contribution in [3.63, 3.8) is 0 Å². The number of rotatable bonds is 6. The highest BCUT2D eigenvalue weighted by Gasteiger charge is 2.13. The molecule has 20 heavy (non-hydrogen) atoms. The van der Waals surface area contributed by atoms with Crippen molar-refractivity contribution in [3.05, 3.63) is 36.7 Å². The Bertz CT molecular complexity index is 557. The van der Waals surface area contributed by atoms with Crippen molar-refractivity contribution in [1.29, 1.82) is 0 Å². The minimum absolute atomic E-state index is 0. The summed E-state index contributed by atoms with van der Waals surface area (Å²) >= 11 is 1.18. The van der Waals surface area contributed by atoms with E-state index in [0.29, 0.717) is 12.5 Å². The molecule has 6 heteroatoms. The Morgan fingerprint density at radius 3 is 2.95 bits per heavy atom. The fourth-order valence-corrected chi connectivity index (χ4v) is 2.18. The van der Waals surface area contributed by atoms with Crippen LogP contribution >= 0.6 is 11.7 Å². The number of pyridine rings is 1. The maximum atomic E-state index is 5.66. The fourth-order valence-electron chi connectivity index (χ4n) is 1.66. The first-order valence-corrected chi connectivity index (χ1v) is 7.10. The van der Waals surface area contributed by atoms with Gasteiger partial charge in [-0.25, -0.2) is 4.57 Å². The Kier molecular flexibility index (Phi) is 7.68. The van der Waals surface area contributed by atoms with Crippen LogP contribution in [0.15, 0.2) is 36.7 Å². The predicted molar refractivity (Wildman–Crippen MR) is 76.1 cm³/mol. The van der Waals surface area contributed by atoms with E-state index in [1.807, 2.05) is 42.2 Å². The van der Waals surface area contributed by atoms with Crippen molar-refractivity contribution in [1.82, 2.24) is 8.75 Å². The van der Waals surface area contributed by atoms with Crippen molar-refractivity contribution >= 4 is 11.7 Å². The Hall–Kier alpha value is -1.02. The first kappa shape index (κ1) is 17.0. The third kappa shape index (κ3) is 4.82. The first-order chi connectivity index (χ1) is 9.31. The summed E-state index contributed by atoms with van der Waals surface area (Å²) in [5.41, 5.74) is 1.83. The van der Waals surface area contributed by atoms with Crippen LogP contribution < -0.4 is 33.3 Å². The van der Waals surface area contributed by atoms with Gasteiger partial charge in [-0.3, -0.25) is 0 Å². The van der Waals surface area contributed by atoms with E-state index in [1.165, 1.54) is 11.7 Å². The van der Waals surface area contributed by atoms with E-state index in [2.05, 4.69) is 21.7 Å². The van der Waals surface area contributed by atoms with Gasteiger partial charge in [-0.2, -0.15) is 4.37 Å². The number of hydrogen-bond acceptors (Lipinski definition) is 4. The van der Waals surface area contributed by atoms with Crippen LogP contribution in [0.3, 0.4) is 0 Å². The van der Waals surface area contributed by atoms with Gasteiger partial charge in [0.25, 0.3) is 5.88 Å². The number of aryl methyl sites for hydroxylation is 1. The molecule has 0 amide bonds. The SMILES string of the molecule is CCC/C=C/COc1nsnc1-c1ccc[n+](C)c1.[I-]. The van der Waals surface area contributed by atoms with Crippen molar-refractivity contribution in [2.45, 2.75) is 19.8 Å². The number of nitrogens with zero attached hydrogens (tertiary/aromatic N) is 3. The highest BCUT2D eigenvalue weighted by Crippen LogP contribution is 2.26. The summed E-state index contributed by atoms with van der Waals surface area (Å²) in [5.74, 6) is 0.609. The summed E-state index contributed by atoms with van der Waals surface area (Å²) in [4.78, 5) is 0. The molecule has 0 N–H and O–H groups in total. The van der Waals surface area contributed by atoms with Crippen LogP contribution in [0.2, 0.25) is 0 Å². The maximum Gasteiger partial charge on any atom is 0.254 e. The maximum absolute atomic E-state index is 5.66. The lowest BCUT2D eigenvalue weighted by atomic mass is 10.2. The highest BCUT2D eigenvalue weighted by atomic mass is 127. The smallest absolute Gasteiger partial charge is 0.254 e. The van der Waals surface area contributed by atoms with Gasteiger partial charge in [-0.05, 0) is 12.5 Å². The van der Waals surface area contributed by atoms with Gasteiger partial charge < -0.3 is 28.7 Å². The van der Waals surface area contributed by atoms with Gasteiger partial charge in [0.15, 0.2) is 18.1 Å². The molecule has 0 aliphatic carbocycles. The third-order valence-electron chi connectivity index (χ3n) is 2.61. The Morgan fingerprint density at radius 2 is 2.20 bits per heavy atom. The highest BCUT2D eigenvalue weighted by molar-refractivity contribution is 6.99. The second kappa shape index (κ2) is 9.02. The lowest BCUT2D eigenvalue weighted by Gasteiger charge is -2.01. The zero-order chi connectivity index (χ0) is 13.5. The number of unbranched alkanes of at least 4 members (excludes halogenated alkanes) is 1. The summed E-state index contributed by atoms with van der Waals surface area (Å²) in [6, 6.07) is 4.00. The fraction of sp³-hybridized carbons (Fsp3) is 0.357. The van der Waals surface area contributed by atoms with Crippen molar-refractivity contribution in [3.8, 4) is 17.1 Å². The minimum Gasteiger partial charge on any atom is -1.00 e. The lowest BCUT2D eigenvalue weighted by molar-refractivity contribution is -0.671. The molecule has 0 saturated carbocycles. The quantitative estimate of drug-likeness (QED) is 0.380. The average molecular weight is 403 g/mol. The van der Waals surface area contributed by atoms with E-state index in [4.69, 9.17) is 4.74 Å². The molecule has 0 bridgehead atoms. The van der Waals surface area contributed by atoms with Crippen molar-refractivity contribution in [2.24, 2.45) is 7.05 Å². The Morgan fingerprint density at radius 1 is 1.35 bits per heavy atom. The zero-order valence-electron chi connectivity index (χ0n) is 11.6. The Labute approximate surface area is 140 Å². The van der Waals surface area contributed by atoms with Gasteiger partial charge in [-0.1, -0.05) is 25.5 Å². The molecule has 4 nitrogen and oxygen atoms in total. The summed E-state index contributed by atoms with van der Waals surface area (Å²) in [6.07, 6.45) is 10.4. The molecule has 0 atom stereocenters. The van der Waals surface area contributed by atoms with E-state index in [1.54, 1.807) is 0 Å². The molecule has 0 aromatic carbocycles. The van der Waals surface area contributed by atoms with Crippen LogP contribution in [0.1, 0.15) is 19.8 Å². The molecule has 2 rings (SSSR count). The van der Waals surface area contributed by atoms with Crippen LogP contribution in [0, 0.1) is 0 Å². The number of allylic oxidation sites excluding steroid dienone is 1. The van der Waals surface area contributed by atoms with E-state index in [9.17, 15) is 0 Å².